The van der Waals surface area contributed by atoms with E-state index in [1.165, 1.54) is 24.0 Å². The van der Waals surface area contributed by atoms with Gasteiger partial charge in [-0.25, -0.2) is 4.39 Å². The number of amides is 2. The van der Waals surface area contributed by atoms with Crippen molar-refractivity contribution in [3.8, 4) is 0 Å². The van der Waals surface area contributed by atoms with Gasteiger partial charge in [0.1, 0.15) is 5.82 Å². The molecular formula is C18H19FN2O2. The summed E-state index contributed by atoms with van der Waals surface area (Å²) in [6.07, 6.45) is 0. The molecule has 2 aromatic rings. The lowest BCUT2D eigenvalue weighted by Gasteiger charge is -2.22. The Bertz CT molecular complexity index is 671. The molecule has 0 radical (unpaired) electrons. The number of rotatable bonds is 5. The molecule has 23 heavy (non-hydrogen) atoms. The monoisotopic (exact) mass is 314 g/mol. The van der Waals surface area contributed by atoms with Crippen molar-refractivity contribution < 1.29 is 14.0 Å². The van der Waals surface area contributed by atoms with Crippen LogP contribution in [0.3, 0.4) is 0 Å². The first-order chi connectivity index (χ1) is 11.0. The molecule has 0 heterocycles. The molecule has 1 unspecified atom stereocenters. The van der Waals surface area contributed by atoms with E-state index in [1.54, 1.807) is 19.2 Å². The summed E-state index contributed by atoms with van der Waals surface area (Å²) in [6, 6.07) is 15.0. The molecule has 0 aromatic heterocycles. The highest BCUT2D eigenvalue weighted by atomic mass is 19.1. The summed E-state index contributed by atoms with van der Waals surface area (Å²) in [5.41, 5.74) is 1.66. The third kappa shape index (κ3) is 4.64. The zero-order chi connectivity index (χ0) is 16.8. The van der Waals surface area contributed by atoms with Crippen molar-refractivity contribution in [2.24, 2.45) is 0 Å². The normalized spacial score (nSPS) is 11.6. The van der Waals surface area contributed by atoms with Crippen LogP contribution < -0.4 is 5.32 Å². The minimum atomic E-state index is -0.398. The highest BCUT2D eigenvalue weighted by molar-refractivity contribution is 5.84. The fourth-order valence-electron chi connectivity index (χ4n) is 2.19. The van der Waals surface area contributed by atoms with Gasteiger partial charge in [0.2, 0.25) is 11.8 Å². The van der Waals surface area contributed by atoms with Gasteiger partial charge < -0.3 is 10.2 Å². The highest BCUT2D eigenvalue weighted by Gasteiger charge is 2.18. The fraction of sp³-hybridized carbons (Fsp3) is 0.222. The van der Waals surface area contributed by atoms with Crippen molar-refractivity contribution >= 4 is 11.8 Å². The lowest BCUT2D eigenvalue weighted by atomic mass is 9.98. The van der Waals surface area contributed by atoms with E-state index < -0.39 is 6.04 Å². The first-order valence-electron chi connectivity index (χ1n) is 7.29. The van der Waals surface area contributed by atoms with Gasteiger partial charge in [0.15, 0.2) is 0 Å². The summed E-state index contributed by atoms with van der Waals surface area (Å²) in [5, 5.41) is 2.90. The largest absolute Gasteiger partial charge is 0.344 e. The number of halogens is 1. The fourth-order valence-corrected chi connectivity index (χ4v) is 2.19. The number of benzene rings is 2. The summed E-state index contributed by atoms with van der Waals surface area (Å²) in [6.45, 7) is 1.38. The van der Waals surface area contributed by atoms with Crippen LogP contribution in [0.4, 0.5) is 4.39 Å². The van der Waals surface area contributed by atoms with Crippen LogP contribution in [0.25, 0.3) is 0 Å². The number of carbonyl (C=O) groups excluding carboxylic acids is 2. The maximum absolute atomic E-state index is 13.1. The molecular weight excluding hydrogens is 295 g/mol. The van der Waals surface area contributed by atoms with Crippen LogP contribution in [-0.4, -0.2) is 30.3 Å². The smallest absolute Gasteiger partial charge is 0.240 e. The van der Waals surface area contributed by atoms with Gasteiger partial charge in [0.25, 0.3) is 0 Å². The van der Waals surface area contributed by atoms with E-state index in [0.717, 1.165) is 11.1 Å². The van der Waals surface area contributed by atoms with Crippen molar-refractivity contribution in [3.63, 3.8) is 0 Å². The molecule has 0 aliphatic carbocycles. The number of hydrogen-bond acceptors (Lipinski definition) is 2. The molecule has 1 atom stereocenters. The molecule has 0 spiro atoms. The van der Waals surface area contributed by atoms with E-state index in [-0.39, 0.29) is 24.2 Å². The highest BCUT2D eigenvalue weighted by Crippen LogP contribution is 2.22. The van der Waals surface area contributed by atoms with Gasteiger partial charge in [0, 0.05) is 14.0 Å². The van der Waals surface area contributed by atoms with E-state index in [0.29, 0.717) is 0 Å². The summed E-state index contributed by atoms with van der Waals surface area (Å²) in [5.74, 6) is -0.790. The molecule has 1 N–H and O–H groups in total. The number of hydrogen-bond donors (Lipinski definition) is 1. The quantitative estimate of drug-likeness (QED) is 0.922. The number of carbonyl (C=O) groups is 2. The van der Waals surface area contributed by atoms with Gasteiger partial charge in [-0.15, -0.1) is 0 Å². The summed E-state index contributed by atoms with van der Waals surface area (Å²) < 4.78 is 13.1. The van der Waals surface area contributed by atoms with Gasteiger partial charge in [0.05, 0.1) is 12.6 Å². The van der Waals surface area contributed by atoms with E-state index in [9.17, 15) is 14.0 Å². The first kappa shape index (κ1) is 16.7. The maximum Gasteiger partial charge on any atom is 0.240 e. The standard InChI is InChI=1S/C18H19FN2O2/c1-13(22)21(2)12-17(23)20-18(14-6-4-3-5-7-14)15-8-10-16(19)11-9-15/h3-11,18H,12H2,1-2H3,(H,20,23). The SMILES string of the molecule is CC(=O)N(C)CC(=O)NC(c1ccccc1)c1ccc(F)cc1. The molecule has 4 nitrogen and oxygen atoms in total. The molecule has 0 aliphatic heterocycles. The van der Waals surface area contributed by atoms with Gasteiger partial charge >= 0.3 is 0 Å². The topological polar surface area (TPSA) is 49.4 Å². The van der Waals surface area contributed by atoms with E-state index in [1.807, 2.05) is 30.3 Å². The van der Waals surface area contributed by atoms with Gasteiger partial charge in [-0.05, 0) is 23.3 Å². The second-order valence-electron chi connectivity index (χ2n) is 5.34. The van der Waals surface area contributed by atoms with Crippen LogP contribution in [0.15, 0.2) is 54.6 Å². The minimum Gasteiger partial charge on any atom is -0.344 e. The Morgan fingerprint density at radius 2 is 1.61 bits per heavy atom. The Morgan fingerprint density at radius 1 is 1.04 bits per heavy atom. The molecule has 0 bridgehead atoms. The third-order valence-corrected chi connectivity index (χ3v) is 3.56. The van der Waals surface area contributed by atoms with Crippen molar-refractivity contribution in [3.05, 3.63) is 71.5 Å². The third-order valence-electron chi connectivity index (χ3n) is 3.56. The van der Waals surface area contributed by atoms with E-state index in [2.05, 4.69) is 5.32 Å². The minimum absolute atomic E-state index is 0.0279. The molecule has 5 heteroatoms. The molecule has 2 aromatic carbocycles. The van der Waals surface area contributed by atoms with Crippen molar-refractivity contribution in [2.75, 3.05) is 13.6 Å². The molecule has 2 rings (SSSR count). The van der Waals surface area contributed by atoms with Crippen molar-refractivity contribution in [2.45, 2.75) is 13.0 Å². The van der Waals surface area contributed by atoms with Crippen LogP contribution in [-0.2, 0) is 9.59 Å². The van der Waals surface area contributed by atoms with Crippen LogP contribution >= 0.6 is 0 Å². The Balaban J connectivity index is 2.22. The zero-order valence-electron chi connectivity index (χ0n) is 13.1. The Kier molecular flexibility index (Phi) is 5.46. The van der Waals surface area contributed by atoms with Gasteiger partial charge in [-0.3, -0.25) is 9.59 Å². The zero-order valence-corrected chi connectivity index (χ0v) is 13.1. The number of nitrogens with one attached hydrogen (secondary N) is 1. The Hall–Kier alpha value is -2.69. The molecule has 120 valence electrons. The summed E-state index contributed by atoms with van der Waals surface area (Å²) in [4.78, 5) is 24.8. The second-order valence-corrected chi connectivity index (χ2v) is 5.34. The van der Waals surface area contributed by atoms with Crippen LogP contribution in [0, 0.1) is 5.82 Å². The summed E-state index contributed by atoms with van der Waals surface area (Å²) in [7, 11) is 1.57. The Morgan fingerprint density at radius 3 is 2.17 bits per heavy atom. The average Bonchev–Trinajstić information content (AvgIpc) is 2.54. The van der Waals surface area contributed by atoms with Crippen molar-refractivity contribution in [1.29, 1.82) is 0 Å². The lowest BCUT2D eigenvalue weighted by Crippen LogP contribution is -2.39. The molecule has 0 saturated heterocycles. The summed E-state index contributed by atoms with van der Waals surface area (Å²) >= 11 is 0. The molecule has 0 fully saturated rings. The van der Waals surface area contributed by atoms with E-state index >= 15 is 0 Å². The molecule has 2 amide bonds. The second kappa shape index (κ2) is 7.54. The first-order valence-corrected chi connectivity index (χ1v) is 7.29. The van der Waals surface area contributed by atoms with Gasteiger partial charge in [-0.2, -0.15) is 0 Å². The van der Waals surface area contributed by atoms with Crippen molar-refractivity contribution in [1.82, 2.24) is 10.2 Å². The number of likely N-dealkylation sites (N-methyl/N-ethyl adjacent to an activating group) is 1. The van der Waals surface area contributed by atoms with Crippen LogP contribution in [0.5, 0.6) is 0 Å². The Labute approximate surface area is 134 Å². The number of nitrogens with zero attached hydrogens (tertiary/aromatic N) is 1. The molecule has 0 saturated carbocycles. The average molecular weight is 314 g/mol. The van der Waals surface area contributed by atoms with Gasteiger partial charge in [-0.1, -0.05) is 42.5 Å². The van der Waals surface area contributed by atoms with E-state index in [4.69, 9.17) is 0 Å². The molecule has 0 aliphatic rings. The predicted molar refractivity (Wildman–Crippen MR) is 86.1 cm³/mol. The van der Waals surface area contributed by atoms with Crippen LogP contribution in [0.1, 0.15) is 24.1 Å². The maximum atomic E-state index is 13.1. The van der Waals surface area contributed by atoms with Crippen LogP contribution in [0.2, 0.25) is 0 Å². The predicted octanol–water partition coefficient (Wildman–Crippen LogP) is 2.51. The lowest BCUT2D eigenvalue weighted by molar-refractivity contribution is -0.133.